The lowest BCUT2D eigenvalue weighted by atomic mass is 10.2. The van der Waals surface area contributed by atoms with Crippen molar-refractivity contribution in [3.8, 4) is 0 Å². The Labute approximate surface area is 160 Å². The molecule has 6 heteroatoms. The molecule has 1 aromatic heterocycles. The number of halogens is 2. The monoisotopic (exact) mass is 380 g/mol. The maximum Gasteiger partial charge on any atom is 0.174 e. The molecule has 4 aromatic rings. The fourth-order valence-electron chi connectivity index (χ4n) is 2.54. The average Bonchev–Trinajstić information content (AvgIpc) is 2.65. The van der Waals surface area contributed by atoms with Crippen LogP contribution in [0.3, 0.4) is 0 Å². The lowest BCUT2D eigenvalue weighted by Gasteiger charge is -2.14. The third-order valence-corrected chi connectivity index (χ3v) is 4.50. The molecule has 0 aliphatic heterocycles. The van der Waals surface area contributed by atoms with Crippen molar-refractivity contribution in [2.45, 2.75) is 0 Å². The highest BCUT2D eigenvalue weighted by Gasteiger charge is 2.12. The zero-order chi connectivity index (χ0) is 17.9. The van der Waals surface area contributed by atoms with Gasteiger partial charge in [0.05, 0.1) is 21.1 Å². The molecule has 4 rings (SSSR count). The van der Waals surface area contributed by atoms with E-state index in [4.69, 9.17) is 23.2 Å². The predicted molar refractivity (Wildman–Crippen MR) is 109 cm³/mol. The van der Waals surface area contributed by atoms with Gasteiger partial charge >= 0.3 is 0 Å². The van der Waals surface area contributed by atoms with Gasteiger partial charge in [0.25, 0.3) is 0 Å². The minimum atomic E-state index is 0.447. The van der Waals surface area contributed by atoms with Crippen LogP contribution >= 0.6 is 23.2 Å². The smallest absolute Gasteiger partial charge is 0.174 e. The van der Waals surface area contributed by atoms with E-state index in [2.05, 4.69) is 20.6 Å². The molecule has 0 bridgehead atoms. The molecular formula is C20H14Cl2N4. The van der Waals surface area contributed by atoms with Gasteiger partial charge in [0.2, 0.25) is 0 Å². The van der Waals surface area contributed by atoms with Gasteiger partial charge in [-0.2, -0.15) is 0 Å². The largest absolute Gasteiger partial charge is 0.337 e. The minimum absolute atomic E-state index is 0.447. The van der Waals surface area contributed by atoms with Crippen LogP contribution in [-0.4, -0.2) is 9.97 Å². The Morgan fingerprint density at radius 3 is 1.35 bits per heavy atom. The zero-order valence-corrected chi connectivity index (χ0v) is 15.1. The van der Waals surface area contributed by atoms with Crippen LogP contribution < -0.4 is 10.6 Å². The van der Waals surface area contributed by atoms with E-state index >= 15 is 0 Å². The normalized spacial score (nSPS) is 10.7. The summed E-state index contributed by atoms with van der Waals surface area (Å²) in [5.41, 5.74) is 3.16. The van der Waals surface area contributed by atoms with Crippen molar-refractivity contribution >= 4 is 57.2 Å². The van der Waals surface area contributed by atoms with Crippen LogP contribution in [0, 0.1) is 0 Å². The van der Waals surface area contributed by atoms with Gasteiger partial charge < -0.3 is 10.6 Å². The number of anilines is 4. The topological polar surface area (TPSA) is 49.8 Å². The summed E-state index contributed by atoms with van der Waals surface area (Å²) < 4.78 is 0. The molecule has 0 aliphatic carbocycles. The number of fused-ring (bicyclic) bond motifs is 1. The molecular weight excluding hydrogens is 367 g/mol. The van der Waals surface area contributed by atoms with Crippen molar-refractivity contribution in [2.75, 3.05) is 10.6 Å². The number of benzene rings is 3. The first-order chi connectivity index (χ1) is 12.7. The summed E-state index contributed by atoms with van der Waals surface area (Å²) in [5.74, 6) is 1.21. The molecule has 3 aromatic carbocycles. The van der Waals surface area contributed by atoms with Crippen LogP contribution in [0.4, 0.5) is 23.0 Å². The predicted octanol–water partition coefficient (Wildman–Crippen LogP) is 6.42. The standard InChI is InChI=1S/C20H14Cl2N4/c21-15-11-17-18(12-16(15)22)26-20(24-14-9-5-2-6-10-14)19(25-17)23-13-7-3-1-4-8-13/h1-12H,(H,23,25)(H,24,26). The molecule has 0 amide bonds. The van der Waals surface area contributed by atoms with Crippen LogP contribution in [0.15, 0.2) is 72.8 Å². The third kappa shape index (κ3) is 3.57. The number of nitrogens with zero attached hydrogens (tertiary/aromatic N) is 2. The maximum atomic E-state index is 6.13. The van der Waals surface area contributed by atoms with Crippen LogP contribution in [0.2, 0.25) is 10.0 Å². The Bertz CT molecular complexity index is 968. The van der Waals surface area contributed by atoms with Crippen LogP contribution in [-0.2, 0) is 0 Å². The molecule has 4 nitrogen and oxygen atoms in total. The van der Waals surface area contributed by atoms with Gasteiger partial charge in [0, 0.05) is 11.4 Å². The fourth-order valence-corrected chi connectivity index (χ4v) is 2.86. The maximum absolute atomic E-state index is 6.13. The second-order valence-electron chi connectivity index (χ2n) is 5.66. The Morgan fingerprint density at radius 2 is 0.962 bits per heavy atom. The second kappa shape index (κ2) is 7.20. The van der Waals surface area contributed by atoms with Crippen molar-refractivity contribution < 1.29 is 0 Å². The van der Waals surface area contributed by atoms with E-state index in [0.29, 0.717) is 32.7 Å². The summed E-state index contributed by atoms with van der Waals surface area (Å²) in [7, 11) is 0. The Kier molecular flexibility index (Phi) is 4.61. The van der Waals surface area contributed by atoms with E-state index in [1.54, 1.807) is 12.1 Å². The Balaban J connectivity index is 1.82. The number of para-hydroxylation sites is 2. The molecule has 0 saturated heterocycles. The van der Waals surface area contributed by atoms with E-state index in [1.165, 1.54) is 0 Å². The first-order valence-corrected chi connectivity index (χ1v) is 8.75. The Morgan fingerprint density at radius 1 is 0.577 bits per heavy atom. The molecule has 0 atom stereocenters. The first-order valence-electron chi connectivity index (χ1n) is 8.00. The summed E-state index contributed by atoms with van der Waals surface area (Å²) in [6, 6.07) is 23.0. The van der Waals surface area contributed by atoms with E-state index < -0.39 is 0 Å². The summed E-state index contributed by atoms with van der Waals surface area (Å²) in [6.07, 6.45) is 0. The quantitative estimate of drug-likeness (QED) is 0.428. The number of rotatable bonds is 4. The van der Waals surface area contributed by atoms with Gasteiger partial charge in [-0.15, -0.1) is 0 Å². The molecule has 0 radical (unpaired) electrons. The number of hydrogen-bond donors (Lipinski definition) is 2. The lowest BCUT2D eigenvalue weighted by Crippen LogP contribution is -2.03. The summed E-state index contributed by atoms with van der Waals surface area (Å²) in [5, 5.41) is 7.51. The fraction of sp³-hybridized carbons (Fsp3) is 0. The van der Waals surface area contributed by atoms with Gasteiger partial charge in [0.1, 0.15) is 0 Å². The highest BCUT2D eigenvalue weighted by atomic mass is 35.5. The van der Waals surface area contributed by atoms with Gasteiger partial charge in [0.15, 0.2) is 11.6 Å². The summed E-state index contributed by atoms with van der Waals surface area (Å²) in [6.45, 7) is 0. The SMILES string of the molecule is Clc1cc2nc(Nc3ccccc3)c(Nc3ccccc3)nc2cc1Cl. The Hall–Kier alpha value is -2.82. The first kappa shape index (κ1) is 16.6. The number of hydrogen-bond acceptors (Lipinski definition) is 4. The van der Waals surface area contributed by atoms with Crippen LogP contribution in [0.5, 0.6) is 0 Å². The second-order valence-corrected chi connectivity index (χ2v) is 6.47. The van der Waals surface area contributed by atoms with E-state index in [-0.39, 0.29) is 0 Å². The molecule has 0 fully saturated rings. The molecule has 0 spiro atoms. The van der Waals surface area contributed by atoms with Gasteiger partial charge in [-0.25, -0.2) is 9.97 Å². The molecule has 1 heterocycles. The summed E-state index contributed by atoms with van der Waals surface area (Å²) >= 11 is 12.3. The third-order valence-electron chi connectivity index (χ3n) is 3.78. The molecule has 2 N–H and O–H groups in total. The number of nitrogens with one attached hydrogen (secondary N) is 2. The minimum Gasteiger partial charge on any atom is -0.337 e. The molecule has 0 saturated carbocycles. The number of aromatic nitrogens is 2. The van der Waals surface area contributed by atoms with E-state index in [9.17, 15) is 0 Å². The zero-order valence-electron chi connectivity index (χ0n) is 13.6. The van der Waals surface area contributed by atoms with E-state index in [1.807, 2.05) is 60.7 Å². The van der Waals surface area contributed by atoms with Crippen LogP contribution in [0.25, 0.3) is 11.0 Å². The molecule has 128 valence electrons. The van der Waals surface area contributed by atoms with Gasteiger partial charge in [-0.05, 0) is 36.4 Å². The molecule has 0 unspecified atom stereocenters. The molecule has 0 aliphatic rings. The average molecular weight is 381 g/mol. The van der Waals surface area contributed by atoms with Crippen LogP contribution in [0.1, 0.15) is 0 Å². The highest BCUT2D eigenvalue weighted by molar-refractivity contribution is 6.42. The van der Waals surface area contributed by atoms with Crippen molar-refractivity contribution in [3.63, 3.8) is 0 Å². The van der Waals surface area contributed by atoms with Crippen molar-refractivity contribution in [2.24, 2.45) is 0 Å². The lowest BCUT2D eigenvalue weighted by molar-refractivity contribution is 1.27. The van der Waals surface area contributed by atoms with Gasteiger partial charge in [-0.1, -0.05) is 59.6 Å². The van der Waals surface area contributed by atoms with Crippen molar-refractivity contribution in [1.29, 1.82) is 0 Å². The highest BCUT2D eigenvalue weighted by Crippen LogP contribution is 2.31. The van der Waals surface area contributed by atoms with E-state index in [0.717, 1.165) is 11.4 Å². The van der Waals surface area contributed by atoms with Crippen molar-refractivity contribution in [3.05, 3.63) is 82.8 Å². The molecule has 26 heavy (non-hydrogen) atoms. The van der Waals surface area contributed by atoms with Crippen molar-refractivity contribution in [1.82, 2.24) is 9.97 Å². The summed E-state index contributed by atoms with van der Waals surface area (Å²) in [4.78, 5) is 9.38. The van der Waals surface area contributed by atoms with Gasteiger partial charge in [-0.3, -0.25) is 0 Å².